The van der Waals surface area contributed by atoms with Crippen molar-refractivity contribution in [3.8, 4) is 0 Å². The molecule has 1 aromatic rings. The number of amides is 2. The Bertz CT molecular complexity index is 554. The fourth-order valence-corrected chi connectivity index (χ4v) is 2.76. The monoisotopic (exact) mass is 390 g/mol. The van der Waals surface area contributed by atoms with Crippen LogP contribution in [0.25, 0.3) is 0 Å². The third-order valence-corrected chi connectivity index (χ3v) is 4.34. The maximum absolute atomic E-state index is 11.8. The first-order chi connectivity index (χ1) is 11.0. The molecular formula is C17H28Cl2N4O2. The third-order valence-electron chi connectivity index (χ3n) is 4.34. The summed E-state index contributed by atoms with van der Waals surface area (Å²) in [5.74, 6) is -0.517. The van der Waals surface area contributed by atoms with Crippen molar-refractivity contribution >= 4 is 42.3 Å². The van der Waals surface area contributed by atoms with Gasteiger partial charge in [0.25, 0.3) is 0 Å². The van der Waals surface area contributed by atoms with Gasteiger partial charge in [-0.3, -0.25) is 14.5 Å². The second-order valence-electron chi connectivity index (χ2n) is 6.30. The van der Waals surface area contributed by atoms with Crippen LogP contribution >= 0.6 is 24.8 Å². The van der Waals surface area contributed by atoms with E-state index in [1.807, 2.05) is 24.3 Å². The van der Waals surface area contributed by atoms with Crippen LogP contribution in [0.1, 0.15) is 25.3 Å². The van der Waals surface area contributed by atoms with E-state index in [1.54, 1.807) is 6.92 Å². The van der Waals surface area contributed by atoms with E-state index in [4.69, 9.17) is 11.5 Å². The highest BCUT2D eigenvalue weighted by molar-refractivity contribution is 5.92. The summed E-state index contributed by atoms with van der Waals surface area (Å²) in [6, 6.07) is 7.78. The highest BCUT2D eigenvalue weighted by atomic mass is 35.5. The number of carbonyl (C=O) groups is 2. The van der Waals surface area contributed by atoms with Gasteiger partial charge in [-0.15, -0.1) is 24.8 Å². The number of likely N-dealkylation sites (tertiary alicyclic amines) is 1. The summed E-state index contributed by atoms with van der Waals surface area (Å²) in [6.45, 7) is 4.63. The van der Waals surface area contributed by atoms with Gasteiger partial charge < -0.3 is 16.8 Å². The van der Waals surface area contributed by atoms with Gasteiger partial charge >= 0.3 is 0 Å². The number of nitrogens with zero attached hydrogens (tertiary/aromatic N) is 1. The number of nitrogens with two attached hydrogens (primary N) is 2. The molecule has 0 aromatic heterocycles. The van der Waals surface area contributed by atoms with E-state index >= 15 is 0 Å². The molecule has 1 heterocycles. The van der Waals surface area contributed by atoms with Crippen LogP contribution in [0.4, 0.5) is 5.69 Å². The number of halogens is 2. The minimum Gasteiger partial charge on any atom is -0.369 e. The maximum Gasteiger partial charge on any atom is 0.228 e. The largest absolute Gasteiger partial charge is 0.369 e. The number of rotatable bonds is 6. The summed E-state index contributed by atoms with van der Waals surface area (Å²) >= 11 is 0. The van der Waals surface area contributed by atoms with E-state index < -0.39 is 0 Å². The van der Waals surface area contributed by atoms with Crippen LogP contribution in [0.15, 0.2) is 24.3 Å². The van der Waals surface area contributed by atoms with Crippen molar-refractivity contribution in [2.75, 3.05) is 25.0 Å². The Morgan fingerprint density at radius 3 is 2.48 bits per heavy atom. The molecule has 25 heavy (non-hydrogen) atoms. The molecule has 1 aromatic carbocycles. The van der Waals surface area contributed by atoms with Crippen LogP contribution in [0.2, 0.25) is 0 Å². The summed E-state index contributed by atoms with van der Waals surface area (Å²) < 4.78 is 0. The van der Waals surface area contributed by atoms with E-state index in [9.17, 15) is 9.59 Å². The van der Waals surface area contributed by atoms with Crippen molar-refractivity contribution in [1.29, 1.82) is 0 Å². The summed E-state index contributed by atoms with van der Waals surface area (Å²) in [7, 11) is 0. The molecule has 0 radical (unpaired) electrons. The highest BCUT2D eigenvalue weighted by Gasteiger charge is 2.23. The predicted molar refractivity (Wildman–Crippen MR) is 105 cm³/mol. The molecule has 6 nitrogen and oxygen atoms in total. The summed E-state index contributed by atoms with van der Waals surface area (Å²) in [6.07, 6.45) is 1.88. The summed E-state index contributed by atoms with van der Waals surface area (Å²) in [5, 5.41) is 2.85. The zero-order valence-electron chi connectivity index (χ0n) is 14.4. The molecule has 1 aliphatic heterocycles. The topological polar surface area (TPSA) is 101 Å². The Balaban J connectivity index is 0.00000288. The van der Waals surface area contributed by atoms with Crippen molar-refractivity contribution in [2.24, 2.45) is 23.3 Å². The first kappa shape index (κ1) is 23.7. The van der Waals surface area contributed by atoms with Crippen LogP contribution in [0.5, 0.6) is 0 Å². The predicted octanol–water partition coefficient (Wildman–Crippen LogP) is 1.76. The standard InChI is InChI=1S/C17H26N4O2.2ClH/c1-12(9-18)17(23)20-15-6-4-13(5-7-15)10-21-8-2-3-14(11-21)16(19)22;;/h4-7,12,14H,2-3,8-11,18H2,1H3,(H2,19,22)(H,20,23);2*1H. The van der Waals surface area contributed by atoms with Crippen molar-refractivity contribution < 1.29 is 9.59 Å². The van der Waals surface area contributed by atoms with Gasteiger partial charge in [0.1, 0.15) is 0 Å². The van der Waals surface area contributed by atoms with Crippen LogP contribution in [-0.4, -0.2) is 36.3 Å². The van der Waals surface area contributed by atoms with Crippen molar-refractivity contribution in [2.45, 2.75) is 26.3 Å². The van der Waals surface area contributed by atoms with Crippen molar-refractivity contribution in [3.05, 3.63) is 29.8 Å². The molecule has 0 spiro atoms. The zero-order valence-corrected chi connectivity index (χ0v) is 16.1. The van der Waals surface area contributed by atoms with E-state index in [0.717, 1.165) is 43.7 Å². The molecule has 0 aliphatic carbocycles. The molecule has 142 valence electrons. The number of anilines is 1. The molecule has 0 bridgehead atoms. The maximum atomic E-state index is 11.8. The lowest BCUT2D eigenvalue weighted by atomic mass is 9.97. The van der Waals surface area contributed by atoms with Crippen LogP contribution < -0.4 is 16.8 Å². The van der Waals surface area contributed by atoms with E-state index in [1.165, 1.54) is 0 Å². The molecule has 2 atom stereocenters. The Hall–Kier alpha value is -1.34. The number of piperidine rings is 1. The van der Waals surface area contributed by atoms with Gasteiger partial charge in [0.2, 0.25) is 11.8 Å². The minimum absolute atomic E-state index is 0. The molecule has 2 rings (SSSR count). The molecule has 1 aliphatic rings. The van der Waals surface area contributed by atoms with Crippen LogP contribution in [0, 0.1) is 11.8 Å². The Kier molecular flexibility index (Phi) is 10.7. The summed E-state index contributed by atoms with van der Waals surface area (Å²) in [4.78, 5) is 25.4. The smallest absolute Gasteiger partial charge is 0.228 e. The number of carbonyl (C=O) groups excluding carboxylic acids is 2. The number of nitrogens with one attached hydrogen (secondary N) is 1. The molecule has 2 unspecified atom stereocenters. The average Bonchev–Trinajstić information content (AvgIpc) is 2.56. The van der Waals surface area contributed by atoms with Crippen LogP contribution in [-0.2, 0) is 16.1 Å². The lowest BCUT2D eigenvalue weighted by molar-refractivity contribution is -0.123. The SMILES string of the molecule is CC(CN)C(=O)Nc1ccc(CN2CCCC(C(N)=O)C2)cc1.Cl.Cl. The molecule has 2 amide bonds. The fourth-order valence-electron chi connectivity index (χ4n) is 2.76. The first-order valence-corrected chi connectivity index (χ1v) is 8.11. The van der Waals surface area contributed by atoms with Gasteiger partial charge in [-0.1, -0.05) is 19.1 Å². The fraction of sp³-hybridized carbons (Fsp3) is 0.529. The quantitative estimate of drug-likeness (QED) is 0.688. The molecule has 5 N–H and O–H groups in total. The van der Waals surface area contributed by atoms with Gasteiger partial charge in [0.05, 0.1) is 5.92 Å². The number of hydrogen-bond acceptors (Lipinski definition) is 4. The lowest BCUT2D eigenvalue weighted by Gasteiger charge is -2.31. The third kappa shape index (κ3) is 7.20. The van der Waals surface area contributed by atoms with Gasteiger partial charge in [0.15, 0.2) is 0 Å². The van der Waals surface area contributed by atoms with Gasteiger partial charge in [-0.2, -0.15) is 0 Å². The molecule has 0 saturated carbocycles. The first-order valence-electron chi connectivity index (χ1n) is 8.11. The highest BCUT2D eigenvalue weighted by Crippen LogP contribution is 2.19. The van der Waals surface area contributed by atoms with E-state index in [2.05, 4.69) is 10.2 Å². The molecule has 8 heteroatoms. The van der Waals surface area contributed by atoms with E-state index in [-0.39, 0.29) is 48.5 Å². The van der Waals surface area contributed by atoms with Crippen molar-refractivity contribution in [3.63, 3.8) is 0 Å². The van der Waals surface area contributed by atoms with Gasteiger partial charge in [0, 0.05) is 31.2 Å². The van der Waals surface area contributed by atoms with Crippen molar-refractivity contribution in [1.82, 2.24) is 4.90 Å². The Labute approximate surface area is 161 Å². The minimum atomic E-state index is -0.207. The average molecular weight is 391 g/mol. The van der Waals surface area contributed by atoms with Crippen LogP contribution in [0.3, 0.4) is 0 Å². The second-order valence-corrected chi connectivity index (χ2v) is 6.30. The number of benzene rings is 1. The van der Waals surface area contributed by atoms with Gasteiger partial charge in [-0.25, -0.2) is 0 Å². The molecular weight excluding hydrogens is 363 g/mol. The molecule has 1 fully saturated rings. The Morgan fingerprint density at radius 2 is 1.92 bits per heavy atom. The van der Waals surface area contributed by atoms with Gasteiger partial charge in [-0.05, 0) is 37.1 Å². The Morgan fingerprint density at radius 1 is 1.28 bits per heavy atom. The lowest BCUT2D eigenvalue weighted by Crippen LogP contribution is -2.40. The van der Waals surface area contributed by atoms with E-state index in [0.29, 0.717) is 6.54 Å². The molecule has 1 saturated heterocycles. The second kappa shape index (κ2) is 11.3. The number of primary amides is 1. The number of hydrogen-bond donors (Lipinski definition) is 3. The normalized spacial score (nSPS) is 18.4. The summed E-state index contributed by atoms with van der Waals surface area (Å²) in [5.41, 5.74) is 12.8. The zero-order chi connectivity index (χ0) is 16.8.